The van der Waals surface area contributed by atoms with Gasteiger partial charge in [-0.3, -0.25) is 0 Å². The zero-order valence-corrected chi connectivity index (χ0v) is 11.9. The molecule has 0 bridgehead atoms. The van der Waals surface area contributed by atoms with Crippen molar-refractivity contribution in [2.24, 2.45) is 11.3 Å². The van der Waals surface area contributed by atoms with Gasteiger partial charge in [0, 0.05) is 24.1 Å². The van der Waals surface area contributed by atoms with Crippen LogP contribution in [0.5, 0.6) is 0 Å². The molecule has 2 heterocycles. The minimum atomic E-state index is -1.05. The van der Waals surface area contributed by atoms with Crippen molar-refractivity contribution in [3.63, 3.8) is 0 Å². The lowest BCUT2D eigenvalue weighted by molar-refractivity contribution is 0.0698. The Labute approximate surface area is 127 Å². The molecule has 6 nitrogen and oxygen atoms in total. The van der Waals surface area contributed by atoms with Gasteiger partial charge in [0.25, 0.3) is 0 Å². The van der Waals surface area contributed by atoms with Gasteiger partial charge in [0.1, 0.15) is 0 Å². The van der Waals surface area contributed by atoms with Crippen LogP contribution in [0.1, 0.15) is 16.8 Å². The normalized spacial score (nSPS) is 26.0. The van der Waals surface area contributed by atoms with Crippen LogP contribution in [-0.4, -0.2) is 41.0 Å². The van der Waals surface area contributed by atoms with Gasteiger partial charge in [0.2, 0.25) is 0 Å². The lowest BCUT2D eigenvalue weighted by Crippen LogP contribution is -2.27. The molecule has 2 fully saturated rings. The fraction of sp³-hybridized carbons (Fsp3) is 0.375. The van der Waals surface area contributed by atoms with Crippen molar-refractivity contribution >= 4 is 11.8 Å². The molecule has 2 aromatic rings. The lowest BCUT2D eigenvalue weighted by atomic mass is 10.1. The molecular formula is C16H16N2O4. The molecule has 1 aromatic carbocycles. The first kappa shape index (κ1) is 13.3. The third kappa shape index (κ3) is 1.84. The molecule has 22 heavy (non-hydrogen) atoms. The number of nitrogens with zero attached hydrogens (tertiary/aromatic N) is 2. The first-order valence-electron chi connectivity index (χ1n) is 7.29. The van der Waals surface area contributed by atoms with Crippen LogP contribution < -0.4 is 4.90 Å². The topological polar surface area (TPSA) is 86.8 Å². The number of aromatic carboxylic acids is 1. The number of carboxylic acid groups (broad SMARTS) is 1. The van der Waals surface area contributed by atoms with Crippen LogP contribution in [0.25, 0.3) is 11.3 Å². The summed E-state index contributed by atoms with van der Waals surface area (Å²) in [6.45, 7) is 1.50. The summed E-state index contributed by atoms with van der Waals surface area (Å²) in [5.41, 5.74) is 0.724. The number of aliphatic hydroxyl groups excluding tert-OH is 1. The van der Waals surface area contributed by atoms with E-state index >= 15 is 0 Å². The summed E-state index contributed by atoms with van der Waals surface area (Å²) >= 11 is 0. The Kier molecular flexibility index (Phi) is 2.77. The molecule has 4 rings (SSSR count). The molecule has 0 spiro atoms. The summed E-state index contributed by atoms with van der Waals surface area (Å²) < 4.78 is 5.34. The van der Waals surface area contributed by atoms with Crippen molar-refractivity contribution in [2.45, 2.75) is 6.42 Å². The third-order valence-electron chi connectivity index (χ3n) is 4.84. The molecule has 2 aliphatic rings. The number of rotatable bonds is 4. The number of hydrogen-bond donors (Lipinski definition) is 2. The van der Waals surface area contributed by atoms with Gasteiger partial charge < -0.3 is 19.6 Å². The number of piperidine rings is 1. The van der Waals surface area contributed by atoms with Gasteiger partial charge in [-0.05, 0) is 12.3 Å². The summed E-state index contributed by atoms with van der Waals surface area (Å²) in [6, 6.07) is 9.12. The van der Waals surface area contributed by atoms with E-state index in [1.807, 2.05) is 23.1 Å². The Balaban J connectivity index is 1.73. The van der Waals surface area contributed by atoms with Crippen LogP contribution in [0.15, 0.2) is 34.9 Å². The van der Waals surface area contributed by atoms with Crippen LogP contribution in [0.3, 0.4) is 0 Å². The zero-order chi connectivity index (χ0) is 15.3. The highest BCUT2D eigenvalue weighted by Gasteiger charge is 2.60. The number of aromatic nitrogens is 1. The SMILES string of the molecule is O=C(O)c1c(N2C[C@H]3C[C@@]3(CO)C2)noc1-c1ccccc1. The van der Waals surface area contributed by atoms with Gasteiger partial charge in [-0.1, -0.05) is 35.5 Å². The van der Waals surface area contributed by atoms with Crippen LogP contribution >= 0.6 is 0 Å². The average Bonchev–Trinajstić information content (AvgIpc) is 2.91. The highest BCUT2D eigenvalue weighted by Crippen LogP contribution is 2.58. The second-order valence-corrected chi connectivity index (χ2v) is 6.18. The highest BCUT2D eigenvalue weighted by atomic mass is 16.5. The average molecular weight is 300 g/mol. The molecule has 1 aliphatic carbocycles. The predicted molar refractivity (Wildman–Crippen MR) is 78.7 cm³/mol. The number of hydrogen-bond acceptors (Lipinski definition) is 5. The quantitative estimate of drug-likeness (QED) is 0.896. The second kappa shape index (κ2) is 4.58. The van der Waals surface area contributed by atoms with Crippen molar-refractivity contribution in [1.29, 1.82) is 0 Å². The van der Waals surface area contributed by atoms with E-state index in [1.54, 1.807) is 12.1 Å². The van der Waals surface area contributed by atoms with E-state index in [1.165, 1.54) is 0 Å². The molecular weight excluding hydrogens is 284 g/mol. The Morgan fingerprint density at radius 3 is 2.82 bits per heavy atom. The number of anilines is 1. The molecule has 1 saturated heterocycles. The first-order valence-corrected chi connectivity index (χ1v) is 7.29. The smallest absolute Gasteiger partial charge is 0.343 e. The molecule has 0 radical (unpaired) electrons. The van der Waals surface area contributed by atoms with Gasteiger partial charge in [-0.25, -0.2) is 4.79 Å². The maximum absolute atomic E-state index is 11.7. The fourth-order valence-electron chi connectivity index (χ4n) is 3.48. The van der Waals surface area contributed by atoms with Gasteiger partial charge >= 0.3 is 5.97 Å². The Morgan fingerprint density at radius 1 is 1.41 bits per heavy atom. The van der Waals surface area contributed by atoms with Crippen molar-refractivity contribution in [3.8, 4) is 11.3 Å². The van der Waals surface area contributed by atoms with Crippen LogP contribution in [-0.2, 0) is 0 Å². The summed E-state index contributed by atoms with van der Waals surface area (Å²) in [5, 5.41) is 23.1. The van der Waals surface area contributed by atoms with Crippen molar-refractivity contribution < 1.29 is 19.5 Å². The van der Waals surface area contributed by atoms with E-state index in [0.29, 0.717) is 23.8 Å². The van der Waals surface area contributed by atoms with Crippen molar-refractivity contribution in [2.75, 3.05) is 24.6 Å². The maximum atomic E-state index is 11.7. The molecule has 2 atom stereocenters. The minimum Gasteiger partial charge on any atom is -0.477 e. The Bertz CT molecular complexity index is 723. The second-order valence-electron chi connectivity index (χ2n) is 6.18. The number of benzene rings is 1. The summed E-state index contributed by atoms with van der Waals surface area (Å²) in [4.78, 5) is 13.6. The van der Waals surface area contributed by atoms with Crippen LogP contribution in [0, 0.1) is 11.3 Å². The first-order chi connectivity index (χ1) is 10.6. The molecule has 0 amide bonds. The highest BCUT2D eigenvalue weighted by molar-refractivity contribution is 5.99. The zero-order valence-electron chi connectivity index (χ0n) is 11.9. The van der Waals surface area contributed by atoms with E-state index in [-0.39, 0.29) is 23.3 Å². The number of carboxylic acids is 1. The number of fused-ring (bicyclic) bond motifs is 1. The standard InChI is InChI=1S/C16H16N2O4/c19-9-16-6-11(16)7-18(8-16)14-12(15(20)21)13(22-17-14)10-4-2-1-3-5-10/h1-5,11,19H,6-9H2,(H,20,21)/t11-,16+/m1/s1. The van der Waals surface area contributed by atoms with Gasteiger partial charge in [0.15, 0.2) is 17.1 Å². The predicted octanol–water partition coefficient (Wildman–Crippen LogP) is 1.86. The summed E-state index contributed by atoms with van der Waals surface area (Å²) in [7, 11) is 0. The molecule has 1 saturated carbocycles. The largest absolute Gasteiger partial charge is 0.477 e. The van der Waals surface area contributed by atoms with Gasteiger partial charge in [-0.15, -0.1) is 0 Å². The van der Waals surface area contributed by atoms with Crippen molar-refractivity contribution in [3.05, 3.63) is 35.9 Å². The number of aliphatic hydroxyl groups is 1. The van der Waals surface area contributed by atoms with E-state index in [2.05, 4.69) is 5.16 Å². The van der Waals surface area contributed by atoms with E-state index in [9.17, 15) is 15.0 Å². The molecule has 6 heteroatoms. The molecule has 1 aliphatic heterocycles. The van der Waals surface area contributed by atoms with E-state index < -0.39 is 5.97 Å². The van der Waals surface area contributed by atoms with E-state index in [0.717, 1.165) is 13.0 Å². The van der Waals surface area contributed by atoms with Gasteiger partial charge in [0.05, 0.1) is 6.61 Å². The molecule has 0 unspecified atom stereocenters. The van der Waals surface area contributed by atoms with Gasteiger partial charge in [-0.2, -0.15) is 0 Å². The lowest BCUT2D eigenvalue weighted by Gasteiger charge is -2.19. The Morgan fingerprint density at radius 2 is 2.18 bits per heavy atom. The van der Waals surface area contributed by atoms with Crippen LogP contribution in [0.4, 0.5) is 5.82 Å². The number of carbonyl (C=O) groups is 1. The maximum Gasteiger partial charge on any atom is 0.343 e. The summed E-state index contributed by atoms with van der Waals surface area (Å²) in [6.07, 6.45) is 1.01. The Hall–Kier alpha value is -2.34. The van der Waals surface area contributed by atoms with Crippen LogP contribution in [0.2, 0.25) is 0 Å². The van der Waals surface area contributed by atoms with E-state index in [4.69, 9.17) is 4.52 Å². The summed E-state index contributed by atoms with van der Waals surface area (Å²) in [5.74, 6) is 0.0258. The fourth-order valence-corrected chi connectivity index (χ4v) is 3.48. The van der Waals surface area contributed by atoms with Crippen molar-refractivity contribution in [1.82, 2.24) is 5.16 Å². The minimum absolute atomic E-state index is 0.0678. The molecule has 2 N–H and O–H groups in total. The molecule has 1 aromatic heterocycles. The molecule has 114 valence electrons. The monoisotopic (exact) mass is 300 g/mol. The third-order valence-corrected chi connectivity index (χ3v) is 4.84.